The Morgan fingerprint density at radius 1 is 1.21 bits per heavy atom. The van der Waals surface area contributed by atoms with Crippen molar-refractivity contribution in [1.82, 2.24) is 10.2 Å². The lowest BCUT2D eigenvalue weighted by molar-refractivity contribution is -0.131. The van der Waals surface area contributed by atoms with Gasteiger partial charge in [-0.15, -0.1) is 0 Å². The van der Waals surface area contributed by atoms with E-state index in [1.807, 2.05) is 35.2 Å². The summed E-state index contributed by atoms with van der Waals surface area (Å²) in [5.74, 6) is -0.408. The van der Waals surface area contributed by atoms with Gasteiger partial charge in [-0.05, 0) is 42.5 Å². The van der Waals surface area contributed by atoms with Crippen LogP contribution in [0.4, 0.5) is 4.39 Å². The summed E-state index contributed by atoms with van der Waals surface area (Å²) in [4.78, 5) is 26.6. The van der Waals surface area contributed by atoms with Crippen molar-refractivity contribution >= 4 is 11.8 Å². The lowest BCUT2D eigenvalue weighted by Gasteiger charge is -2.21. The molecule has 1 heterocycles. The van der Waals surface area contributed by atoms with Gasteiger partial charge in [-0.25, -0.2) is 4.39 Å². The topological polar surface area (TPSA) is 58.6 Å². The van der Waals surface area contributed by atoms with Gasteiger partial charge in [-0.1, -0.05) is 30.3 Å². The molecule has 0 aromatic heterocycles. The molecule has 28 heavy (non-hydrogen) atoms. The van der Waals surface area contributed by atoms with Crippen molar-refractivity contribution < 1.29 is 18.7 Å². The predicted octanol–water partition coefficient (Wildman–Crippen LogP) is 3.39. The van der Waals surface area contributed by atoms with Crippen LogP contribution in [0.25, 0.3) is 0 Å². The monoisotopic (exact) mass is 384 g/mol. The number of amides is 2. The molecule has 2 aromatic carbocycles. The van der Waals surface area contributed by atoms with Gasteiger partial charge in [0.25, 0.3) is 5.91 Å². The van der Waals surface area contributed by atoms with Gasteiger partial charge in [0, 0.05) is 31.6 Å². The number of carbonyl (C=O) groups is 2. The molecule has 0 aliphatic carbocycles. The van der Waals surface area contributed by atoms with Crippen molar-refractivity contribution in [2.75, 3.05) is 20.2 Å². The Hall–Kier alpha value is -2.89. The van der Waals surface area contributed by atoms with Gasteiger partial charge in [-0.3, -0.25) is 9.59 Å². The minimum atomic E-state index is -0.563. The van der Waals surface area contributed by atoms with E-state index in [4.69, 9.17) is 4.74 Å². The number of methoxy groups -OCH3 is 1. The minimum absolute atomic E-state index is 0.109. The van der Waals surface area contributed by atoms with Crippen LogP contribution >= 0.6 is 0 Å². The first kappa shape index (κ1) is 19.9. The number of hydrogen-bond donors (Lipinski definition) is 1. The Kier molecular flexibility index (Phi) is 6.63. The van der Waals surface area contributed by atoms with Crippen LogP contribution in [0.5, 0.6) is 5.75 Å². The van der Waals surface area contributed by atoms with Crippen molar-refractivity contribution in [3.8, 4) is 5.75 Å². The number of carbonyl (C=O) groups excluding carboxylic acids is 2. The number of rotatable bonds is 6. The second-order valence-electron chi connectivity index (χ2n) is 7.05. The zero-order valence-corrected chi connectivity index (χ0v) is 16.0. The zero-order valence-electron chi connectivity index (χ0n) is 16.0. The van der Waals surface area contributed by atoms with E-state index in [0.29, 0.717) is 26.1 Å². The maximum atomic E-state index is 13.8. The molecule has 1 saturated heterocycles. The van der Waals surface area contributed by atoms with Crippen LogP contribution in [0.2, 0.25) is 0 Å². The number of nitrogens with zero attached hydrogens (tertiary/aromatic N) is 1. The van der Waals surface area contributed by atoms with Gasteiger partial charge in [0.15, 0.2) is 11.6 Å². The molecule has 5 nitrogen and oxygen atoms in total. The average Bonchev–Trinajstić information content (AvgIpc) is 2.88. The summed E-state index contributed by atoms with van der Waals surface area (Å²) < 4.78 is 18.6. The fourth-order valence-electron chi connectivity index (χ4n) is 3.42. The van der Waals surface area contributed by atoms with Crippen molar-refractivity contribution in [3.63, 3.8) is 0 Å². The molecule has 1 atom stereocenters. The van der Waals surface area contributed by atoms with Crippen molar-refractivity contribution in [3.05, 3.63) is 65.5 Å². The third-order valence-electron chi connectivity index (χ3n) is 5.11. The quantitative estimate of drug-likeness (QED) is 0.831. The van der Waals surface area contributed by atoms with Crippen LogP contribution in [0.3, 0.4) is 0 Å². The van der Waals surface area contributed by atoms with Gasteiger partial charge in [0.1, 0.15) is 0 Å². The van der Waals surface area contributed by atoms with Crippen LogP contribution in [0, 0.1) is 11.7 Å². The van der Waals surface area contributed by atoms with E-state index < -0.39 is 5.82 Å². The number of nitrogens with one attached hydrogen (secondary N) is 1. The molecular formula is C22H25FN2O3. The fraction of sp³-hybridized carbons (Fsp3) is 0.364. The number of ether oxygens (including phenoxy) is 1. The lowest BCUT2D eigenvalue weighted by atomic mass is 10.0. The molecule has 6 heteroatoms. The van der Waals surface area contributed by atoms with E-state index in [-0.39, 0.29) is 29.0 Å². The molecule has 148 valence electrons. The maximum Gasteiger partial charge on any atom is 0.251 e. The molecule has 1 fully saturated rings. The third-order valence-corrected chi connectivity index (χ3v) is 5.11. The van der Waals surface area contributed by atoms with Crippen LogP contribution < -0.4 is 10.1 Å². The summed E-state index contributed by atoms with van der Waals surface area (Å²) >= 11 is 0. The van der Waals surface area contributed by atoms with Crippen LogP contribution in [0.1, 0.15) is 35.2 Å². The molecule has 0 spiro atoms. The predicted molar refractivity (Wildman–Crippen MR) is 104 cm³/mol. The Bertz CT molecular complexity index is 826. The second kappa shape index (κ2) is 9.35. The molecule has 1 N–H and O–H groups in total. The Balaban J connectivity index is 1.52. The molecule has 0 saturated carbocycles. The SMILES string of the molecule is COc1ccc(C(=O)NCC2CCC(=O)N(Cc3ccccc3)CC2)cc1F. The highest BCUT2D eigenvalue weighted by Crippen LogP contribution is 2.21. The van der Waals surface area contributed by atoms with Crippen LogP contribution in [-0.4, -0.2) is 36.9 Å². The molecule has 0 radical (unpaired) electrons. The summed E-state index contributed by atoms with van der Waals surface area (Å²) in [6.07, 6.45) is 2.04. The van der Waals surface area contributed by atoms with Gasteiger partial charge in [0.05, 0.1) is 7.11 Å². The summed E-state index contributed by atoms with van der Waals surface area (Å²) in [7, 11) is 1.38. The molecule has 3 rings (SSSR count). The minimum Gasteiger partial charge on any atom is -0.494 e. The van der Waals surface area contributed by atoms with Crippen molar-refractivity contribution in [1.29, 1.82) is 0 Å². The number of likely N-dealkylation sites (tertiary alicyclic amines) is 1. The van der Waals surface area contributed by atoms with Gasteiger partial charge >= 0.3 is 0 Å². The highest BCUT2D eigenvalue weighted by atomic mass is 19.1. The molecule has 2 amide bonds. The van der Waals surface area contributed by atoms with E-state index in [9.17, 15) is 14.0 Å². The van der Waals surface area contributed by atoms with Crippen molar-refractivity contribution in [2.24, 2.45) is 5.92 Å². The number of halogens is 1. The van der Waals surface area contributed by atoms with Gasteiger partial charge in [-0.2, -0.15) is 0 Å². The summed E-state index contributed by atoms with van der Waals surface area (Å²) in [5, 5.41) is 2.86. The van der Waals surface area contributed by atoms with E-state index in [0.717, 1.165) is 18.4 Å². The van der Waals surface area contributed by atoms with E-state index in [2.05, 4.69) is 5.32 Å². The van der Waals surface area contributed by atoms with E-state index >= 15 is 0 Å². The molecule has 1 unspecified atom stereocenters. The van der Waals surface area contributed by atoms with Crippen LogP contribution in [0.15, 0.2) is 48.5 Å². The Labute approximate surface area is 164 Å². The first-order valence-electron chi connectivity index (χ1n) is 9.50. The molecule has 1 aliphatic rings. The normalized spacial score (nSPS) is 17.1. The Morgan fingerprint density at radius 2 is 2.00 bits per heavy atom. The average molecular weight is 384 g/mol. The molecule has 0 bridgehead atoms. The standard InChI is InChI=1S/C22H25FN2O3/c1-28-20-9-8-18(13-19(20)23)22(27)24-14-16-7-10-21(26)25(12-11-16)15-17-5-3-2-4-6-17/h2-6,8-9,13,16H,7,10-12,14-15H2,1H3,(H,24,27). The summed E-state index contributed by atoms with van der Waals surface area (Å²) in [6.45, 7) is 1.76. The second-order valence-corrected chi connectivity index (χ2v) is 7.05. The lowest BCUT2D eigenvalue weighted by Crippen LogP contribution is -2.31. The largest absolute Gasteiger partial charge is 0.494 e. The highest BCUT2D eigenvalue weighted by molar-refractivity contribution is 5.94. The van der Waals surface area contributed by atoms with E-state index in [1.54, 1.807) is 0 Å². The zero-order chi connectivity index (χ0) is 19.9. The molecule has 1 aliphatic heterocycles. The molecule has 2 aromatic rings. The first-order valence-corrected chi connectivity index (χ1v) is 9.50. The highest BCUT2D eigenvalue weighted by Gasteiger charge is 2.23. The fourth-order valence-corrected chi connectivity index (χ4v) is 3.42. The van der Waals surface area contributed by atoms with Gasteiger partial charge in [0.2, 0.25) is 5.91 Å². The first-order chi connectivity index (χ1) is 13.6. The summed E-state index contributed by atoms with van der Waals surface area (Å²) in [5.41, 5.74) is 1.37. The third kappa shape index (κ3) is 5.09. The molecular weight excluding hydrogens is 359 g/mol. The smallest absolute Gasteiger partial charge is 0.251 e. The van der Waals surface area contributed by atoms with E-state index in [1.165, 1.54) is 25.3 Å². The van der Waals surface area contributed by atoms with Gasteiger partial charge < -0.3 is 15.0 Å². The maximum absolute atomic E-state index is 13.8. The van der Waals surface area contributed by atoms with Crippen LogP contribution in [-0.2, 0) is 11.3 Å². The summed E-state index contributed by atoms with van der Waals surface area (Å²) in [6, 6.07) is 14.1. The van der Waals surface area contributed by atoms with Crippen molar-refractivity contribution in [2.45, 2.75) is 25.8 Å². The number of hydrogen-bond acceptors (Lipinski definition) is 3. The Morgan fingerprint density at radius 3 is 2.71 bits per heavy atom. The number of benzene rings is 2.